The van der Waals surface area contributed by atoms with E-state index in [1.165, 1.54) is 18.4 Å². The Kier molecular flexibility index (Phi) is 6.29. The molecule has 6 heteroatoms. The average molecular weight is 347 g/mol. The van der Waals surface area contributed by atoms with Crippen LogP contribution in [0.25, 0.3) is 0 Å². The second-order valence-electron chi connectivity index (χ2n) is 6.84. The van der Waals surface area contributed by atoms with Crippen LogP contribution < -0.4 is 15.8 Å². The summed E-state index contributed by atoms with van der Waals surface area (Å²) in [4.78, 5) is 14.9. The number of nitrogens with two attached hydrogens (primary N) is 1. The number of methoxy groups -OCH3 is 1. The molecule has 0 radical (unpaired) electrons. The summed E-state index contributed by atoms with van der Waals surface area (Å²) in [6.07, 6.45) is 3.71. The Morgan fingerprint density at radius 3 is 2.64 bits per heavy atom. The molecule has 2 aliphatic rings. The molecule has 2 fully saturated rings. The Morgan fingerprint density at radius 2 is 2.04 bits per heavy atom. The fourth-order valence-electron chi connectivity index (χ4n) is 3.72. The maximum absolute atomic E-state index is 12.4. The first kappa shape index (κ1) is 18.2. The first-order valence-electron chi connectivity index (χ1n) is 9.22. The van der Waals surface area contributed by atoms with Crippen molar-refractivity contribution in [2.24, 2.45) is 5.73 Å². The van der Waals surface area contributed by atoms with E-state index in [2.05, 4.69) is 22.3 Å². The molecular weight excluding hydrogens is 318 g/mol. The van der Waals surface area contributed by atoms with Crippen molar-refractivity contribution in [3.05, 3.63) is 29.8 Å². The number of rotatable bonds is 7. The van der Waals surface area contributed by atoms with Crippen molar-refractivity contribution < 1.29 is 14.3 Å². The first-order valence-corrected chi connectivity index (χ1v) is 9.22. The van der Waals surface area contributed by atoms with Gasteiger partial charge in [-0.25, -0.2) is 0 Å². The summed E-state index contributed by atoms with van der Waals surface area (Å²) >= 11 is 0. The number of hydrogen-bond acceptors (Lipinski definition) is 5. The molecule has 2 saturated heterocycles. The fraction of sp³-hybridized carbons (Fsp3) is 0.632. The van der Waals surface area contributed by atoms with Crippen molar-refractivity contribution in [2.75, 3.05) is 33.3 Å². The standard InChI is InChI=1S/C19H29N3O3/c1-24-15-6-4-14(5-7-15)17(22-10-2-3-11-22)13-21-19(23)18-9-8-16(12-20)25-18/h4-7,16-18H,2-3,8-13,20H2,1H3,(H,21,23)/t16-,17?,18+/m1/s1. The molecule has 0 spiro atoms. The van der Waals surface area contributed by atoms with Gasteiger partial charge in [0, 0.05) is 13.1 Å². The number of carbonyl (C=O) groups is 1. The van der Waals surface area contributed by atoms with E-state index in [9.17, 15) is 4.79 Å². The molecule has 0 bridgehead atoms. The number of carbonyl (C=O) groups excluding carboxylic acids is 1. The van der Waals surface area contributed by atoms with Crippen molar-refractivity contribution in [1.29, 1.82) is 0 Å². The third-order valence-electron chi connectivity index (χ3n) is 5.21. The van der Waals surface area contributed by atoms with Gasteiger partial charge in [-0.15, -0.1) is 0 Å². The van der Waals surface area contributed by atoms with Crippen molar-refractivity contribution in [2.45, 2.75) is 43.9 Å². The predicted octanol–water partition coefficient (Wildman–Crippen LogP) is 1.45. The lowest BCUT2D eigenvalue weighted by Crippen LogP contribution is -2.41. The molecule has 1 unspecified atom stereocenters. The topological polar surface area (TPSA) is 76.8 Å². The zero-order chi connectivity index (χ0) is 17.6. The van der Waals surface area contributed by atoms with Crippen LogP contribution in [-0.4, -0.2) is 56.3 Å². The molecule has 1 amide bonds. The Morgan fingerprint density at radius 1 is 1.32 bits per heavy atom. The number of likely N-dealkylation sites (tertiary alicyclic amines) is 1. The van der Waals surface area contributed by atoms with E-state index in [0.29, 0.717) is 13.1 Å². The minimum absolute atomic E-state index is 0.0198. The molecular formula is C19H29N3O3. The Balaban J connectivity index is 1.62. The summed E-state index contributed by atoms with van der Waals surface area (Å²) in [5.41, 5.74) is 6.83. The molecule has 1 aromatic carbocycles. The van der Waals surface area contributed by atoms with Gasteiger partial charge in [-0.05, 0) is 56.5 Å². The minimum atomic E-state index is -0.358. The molecule has 2 heterocycles. The number of nitrogens with zero attached hydrogens (tertiary/aromatic N) is 1. The van der Waals surface area contributed by atoms with Crippen LogP contribution in [0, 0.1) is 0 Å². The molecule has 3 N–H and O–H groups in total. The van der Waals surface area contributed by atoms with Gasteiger partial charge in [-0.1, -0.05) is 12.1 Å². The van der Waals surface area contributed by atoms with E-state index in [1.807, 2.05) is 12.1 Å². The summed E-state index contributed by atoms with van der Waals surface area (Å²) in [6, 6.07) is 8.32. The van der Waals surface area contributed by atoms with Crippen LogP contribution in [0.2, 0.25) is 0 Å². The van der Waals surface area contributed by atoms with Gasteiger partial charge in [-0.3, -0.25) is 9.69 Å². The monoisotopic (exact) mass is 347 g/mol. The largest absolute Gasteiger partial charge is 0.497 e. The van der Waals surface area contributed by atoms with Gasteiger partial charge < -0.3 is 20.5 Å². The van der Waals surface area contributed by atoms with Crippen LogP contribution in [0.1, 0.15) is 37.3 Å². The van der Waals surface area contributed by atoms with Crippen LogP contribution in [0.4, 0.5) is 0 Å². The maximum atomic E-state index is 12.4. The van der Waals surface area contributed by atoms with Crippen LogP contribution in [0.5, 0.6) is 5.75 Å². The SMILES string of the molecule is COc1ccc(C(CNC(=O)[C@@H]2CC[C@H](CN)O2)N2CCCC2)cc1. The van der Waals surface area contributed by atoms with Crippen LogP contribution >= 0.6 is 0 Å². The third-order valence-corrected chi connectivity index (χ3v) is 5.21. The molecule has 25 heavy (non-hydrogen) atoms. The maximum Gasteiger partial charge on any atom is 0.249 e. The Labute approximate surface area is 149 Å². The highest BCUT2D eigenvalue weighted by Gasteiger charge is 2.31. The third kappa shape index (κ3) is 4.51. The van der Waals surface area contributed by atoms with Gasteiger partial charge in [0.05, 0.1) is 19.3 Å². The minimum Gasteiger partial charge on any atom is -0.497 e. The highest BCUT2D eigenvalue weighted by atomic mass is 16.5. The van der Waals surface area contributed by atoms with E-state index >= 15 is 0 Å². The van der Waals surface area contributed by atoms with Crippen LogP contribution in [0.15, 0.2) is 24.3 Å². The number of ether oxygens (including phenoxy) is 2. The number of nitrogens with one attached hydrogen (secondary N) is 1. The average Bonchev–Trinajstić information content (AvgIpc) is 3.34. The first-order chi connectivity index (χ1) is 12.2. The summed E-state index contributed by atoms with van der Waals surface area (Å²) in [5, 5.41) is 3.10. The number of amides is 1. The Hall–Kier alpha value is -1.63. The van der Waals surface area contributed by atoms with Gasteiger partial charge in [0.1, 0.15) is 11.9 Å². The van der Waals surface area contributed by atoms with E-state index in [0.717, 1.165) is 31.7 Å². The molecule has 2 aliphatic heterocycles. The Bertz CT molecular complexity index is 558. The van der Waals surface area contributed by atoms with Crippen molar-refractivity contribution in [3.8, 4) is 5.75 Å². The smallest absolute Gasteiger partial charge is 0.249 e. The quantitative estimate of drug-likeness (QED) is 0.781. The zero-order valence-corrected chi connectivity index (χ0v) is 14.9. The normalized spacial score (nSPS) is 25.0. The van der Waals surface area contributed by atoms with Gasteiger partial charge in [0.15, 0.2) is 0 Å². The molecule has 6 nitrogen and oxygen atoms in total. The summed E-state index contributed by atoms with van der Waals surface area (Å²) in [5.74, 6) is 0.828. The molecule has 0 aromatic heterocycles. The lowest BCUT2D eigenvalue weighted by atomic mass is 10.0. The number of benzene rings is 1. The summed E-state index contributed by atoms with van der Waals surface area (Å²) < 4.78 is 10.9. The van der Waals surface area contributed by atoms with E-state index in [-0.39, 0.29) is 24.2 Å². The van der Waals surface area contributed by atoms with Gasteiger partial charge in [-0.2, -0.15) is 0 Å². The van der Waals surface area contributed by atoms with Gasteiger partial charge in [0.25, 0.3) is 0 Å². The van der Waals surface area contributed by atoms with Crippen molar-refractivity contribution >= 4 is 5.91 Å². The van der Waals surface area contributed by atoms with Crippen LogP contribution in [0.3, 0.4) is 0 Å². The lowest BCUT2D eigenvalue weighted by molar-refractivity contribution is -0.132. The molecule has 0 aliphatic carbocycles. The highest BCUT2D eigenvalue weighted by molar-refractivity contribution is 5.81. The molecule has 1 aromatic rings. The second kappa shape index (κ2) is 8.65. The van der Waals surface area contributed by atoms with E-state index in [4.69, 9.17) is 15.2 Å². The van der Waals surface area contributed by atoms with E-state index < -0.39 is 0 Å². The summed E-state index contributed by atoms with van der Waals surface area (Å²) in [6.45, 7) is 3.22. The zero-order valence-electron chi connectivity index (χ0n) is 14.9. The molecule has 3 rings (SSSR count). The van der Waals surface area contributed by atoms with E-state index in [1.54, 1.807) is 7.11 Å². The van der Waals surface area contributed by atoms with Crippen LogP contribution in [-0.2, 0) is 9.53 Å². The van der Waals surface area contributed by atoms with Crippen molar-refractivity contribution in [1.82, 2.24) is 10.2 Å². The van der Waals surface area contributed by atoms with Crippen molar-refractivity contribution in [3.63, 3.8) is 0 Å². The lowest BCUT2D eigenvalue weighted by Gasteiger charge is -2.28. The second-order valence-corrected chi connectivity index (χ2v) is 6.84. The van der Waals surface area contributed by atoms with Gasteiger partial charge >= 0.3 is 0 Å². The highest BCUT2D eigenvalue weighted by Crippen LogP contribution is 2.26. The van der Waals surface area contributed by atoms with Gasteiger partial charge in [0.2, 0.25) is 5.91 Å². The molecule has 3 atom stereocenters. The fourth-order valence-corrected chi connectivity index (χ4v) is 3.72. The molecule has 0 saturated carbocycles. The predicted molar refractivity (Wildman–Crippen MR) is 96.5 cm³/mol. The molecule has 138 valence electrons. The summed E-state index contributed by atoms with van der Waals surface area (Å²) in [7, 11) is 1.67. The number of hydrogen-bond donors (Lipinski definition) is 2.